The summed E-state index contributed by atoms with van der Waals surface area (Å²) in [5.41, 5.74) is 1.67. The molecular formula is C11H11Cl2N5. The van der Waals surface area contributed by atoms with E-state index in [-0.39, 0.29) is 0 Å². The molecule has 3 rings (SSSR count). The van der Waals surface area contributed by atoms with Gasteiger partial charge in [0.05, 0.1) is 21.4 Å². The molecular weight excluding hydrogens is 273 g/mol. The summed E-state index contributed by atoms with van der Waals surface area (Å²) >= 11 is 12.6. The van der Waals surface area contributed by atoms with Crippen LogP contribution in [0.15, 0.2) is 18.5 Å². The van der Waals surface area contributed by atoms with Crippen LogP contribution >= 0.6 is 23.2 Å². The maximum absolute atomic E-state index is 6.34. The first-order valence-electron chi connectivity index (χ1n) is 5.73. The van der Waals surface area contributed by atoms with Gasteiger partial charge in [-0.3, -0.25) is 0 Å². The van der Waals surface area contributed by atoms with Crippen molar-refractivity contribution in [3.63, 3.8) is 0 Å². The van der Waals surface area contributed by atoms with Gasteiger partial charge in [-0.15, -0.1) is 5.10 Å². The van der Waals surface area contributed by atoms with E-state index >= 15 is 0 Å². The lowest BCUT2D eigenvalue weighted by molar-refractivity contribution is 0.789. The number of hydrogen-bond acceptors (Lipinski definition) is 4. The summed E-state index contributed by atoms with van der Waals surface area (Å²) in [4.78, 5) is 2.25. The van der Waals surface area contributed by atoms with Gasteiger partial charge in [0, 0.05) is 13.1 Å². The molecule has 0 amide bonds. The number of benzene rings is 1. The highest BCUT2D eigenvalue weighted by Gasteiger charge is 2.19. The van der Waals surface area contributed by atoms with Gasteiger partial charge in [0.15, 0.2) is 0 Å². The molecule has 7 heteroatoms. The van der Waals surface area contributed by atoms with Crippen molar-refractivity contribution in [1.82, 2.24) is 20.2 Å². The predicted molar refractivity (Wildman–Crippen MR) is 70.6 cm³/mol. The second-order valence-electron chi connectivity index (χ2n) is 4.18. The second kappa shape index (κ2) is 4.74. The van der Waals surface area contributed by atoms with Crippen LogP contribution in [0.1, 0.15) is 12.8 Å². The Morgan fingerprint density at radius 1 is 1.00 bits per heavy atom. The molecule has 0 bridgehead atoms. The smallest absolute Gasteiger partial charge is 0.143 e. The minimum atomic E-state index is 0.480. The van der Waals surface area contributed by atoms with Gasteiger partial charge < -0.3 is 4.90 Å². The quantitative estimate of drug-likeness (QED) is 0.850. The highest BCUT2D eigenvalue weighted by molar-refractivity contribution is 6.44. The molecule has 1 fully saturated rings. The van der Waals surface area contributed by atoms with Gasteiger partial charge >= 0.3 is 0 Å². The average Bonchev–Trinajstić information content (AvgIpc) is 3.03. The van der Waals surface area contributed by atoms with Gasteiger partial charge in [-0.05, 0) is 35.4 Å². The summed E-state index contributed by atoms with van der Waals surface area (Å²) in [5, 5.41) is 12.0. The third-order valence-electron chi connectivity index (χ3n) is 3.08. The summed E-state index contributed by atoms with van der Waals surface area (Å²) in [6.45, 7) is 2.06. The summed E-state index contributed by atoms with van der Waals surface area (Å²) in [7, 11) is 0. The van der Waals surface area contributed by atoms with E-state index in [0.717, 1.165) is 18.8 Å². The van der Waals surface area contributed by atoms with Crippen molar-refractivity contribution in [3.8, 4) is 5.69 Å². The SMILES string of the molecule is Clc1c(N2CCCC2)ccc(-n2cnnn2)c1Cl. The highest BCUT2D eigenvalue weighted by atomic mass is 35.5. The van der Waals surface area contributed by atoms with Crippen molar-refractivity contribution in [1.29, 1.82) is 0 Å². The number of anilines is 1. The molecule has 0 aliphatic carbocycles. The third kappa shape index (κ3) is 1.93. The molecule has 0 unspecified atom stereocenters. The molecule has 1 aromatic heterocycles. The Morgan fingerprint density at radius 2 is 1.67 bits per heavy atom. The molecule has 18 heavy (non-hydrogen) atoms. The fourth-order valence-electron chi connectivity index (χ4n) is 2.18. The second-order valence-corrected chi connectivity index (χ2v) is 4.94. The van der Waals surface area contributed by atoms with Crippen LogP contribution in [0.2, 0.25) is 10.0 Å². The first-order chi connectivity index (χ1) is 8.77. The van der Waals surface area contributed by atoms with Crippen LogP contribution in [0.5, 0.6) is 0 Å². The number of aromatic nitrogens is 4. The molecule has 2 aromatic rings. The van der Waals surface area contributed by atoms with E-state index in [1.807, 2.05) is 12.1 Å². The molecule has 94 valence electrons. The highest BCUT2D eigenvalue weighted by Crippen LogP contribution is 2.37. The standard InChI is InChI=1S/C11H11Cl2N5/c12-10-8(17-5-1-2-6-17)3-4-9(11(10)13)18-7-14-15-16-18/h3-4,7H,1-2,5-6H2. The zero-order chi connectivity index (χ0) is 12.5. The van der Waals surface area contributed by atoms with Gasteiger partial charge in [0.1, 0.15) is 6.33 Å². The van der Waals surface area contributed by atoms with E-state index in [2.05, 4.69) is 20.4 Å². The maximum atomic E-state index is 6.34. The summed E-state index contributed by atoms with van der Waals surface area (Å²) in [6.07, 6.45) is 3.89. The lowest BCUT2D eigenvalue weighted by Crippen LogP contribution is -2.18. The van der Waals surface area contributed by atoms with E-state index in [1.54, 1.807) is 0 Å². The summed E-state index contributed by atoms with van der Waals surface area (Å²) < 4.78 is 1.50. The molecule has 1 aliphatic heterocycles. The molecule has 1 aromatic carbocycles. The monoisotopic (exact) mass is 283 g/mol. The molecule has 0 radical (unpaired) electrons. The first kappa shape index (κ1) is 11.7. The Hall–Kier alpha value is -1.33. The van der Waals surface area contributed by atoms with Crippen LogP contribution in [0.3, 0.4) is 0 Å². The average molecular weight is 284 g/mol. The Bertz CT molecular complexity index is 549. The molecule has 0 saturated carbocycles. The van der Waals surface area contributed by atoms with Crippen molar-refractivity contribution in [2.24, 2.45) is 0 Å². The fraction of sp³-hybridized carbons (Fsp3) is 0.364. The van der Waals surface area contributed by atoms with Crippen molar-refractivity contribution in [3.05, 3.63) is 28.5 Å². The number of rotatable bonds is 2. The van der Waals surface area contributed by atoms with E-state index in [9.17, 15) is 0 Å². The number of hydrogen-bond donors (Lipinski definition) is 0. The van der Waals surface area contributed by atoms with E-state index in [1.165, 1.54) is 23.9 Å². The van der Waals surface area contributed by atoms with Gasteiger partial charge in [-0.2, -0.15) is 4.68 Å². The van der Waals surface area contributed by atoms with Gasteiger partial charge in [-0.25, -0.2) is 0 Å². The normalized spacial score (nSPS) is 15.3. The molecule has 1 aliphatic rings. The van der Waals surface area contributed by atoms with Gasteiger partial charge in [-0.1, -0.05) is 23.2 Å². The minimum absolute atomic E-state index is 0.480. The maximum Gasteiger partial charge on any atom is 0.143 e. The van der Waals surface area contributed by atoms with Crippen LogP contribution in [0.4, 0.5) is 5.69 Å². The number of nitrogens with zero attached hydrogens (tertiary/aromatic N) is 5. The Balaban J connectivity index is 2.03. The van der Waals surface area contributed by atoms with Crippen LogP contribution in [-0.2, 0) is 0 Å². The first-order valence-corrected chi connectivity index (χ1v) is 6.49. The molecule has 1 saturated heterocycles. The Morgan fingerprint density at radius 3 is 2.33 bits per heavy atom. The van der Waals surface area contributed by atoms with Crippen molar-refractivity contribution < 1.29 is 0 Å². The van der Waals surface area contributed by atoms with Gasteiger partial charge in [0.2, 0.25) is 0 Å². The van der Waals surface area contributed by atoms with Crippen molar-refractivity contribution >= 4 is 28.9 Å². The molecule has 0 N–H and O–H groups in total. The van der Waals surface area contributed by atoms with Crippen LogP contribution in [-0.4, -0.2) is 33.3 Å². The lowest BCUT2D eigenvalue weighted by Gasteiger charge is -2.20. The Labute approximate surface area is 114 Å². The summed E-state index contributed by atoms with van der Waals surface area (Å²) in [6, 6.07) is 3.86. The number of tetrazole rings is 1. The molecule has 5 nitrogen and oxygen atoms in total. The largest absolute Gasteiger partial charge is 0.370 e. The Kier molecular flexibility index (Phi) is 3.09. The van der Waals surface area contributed by atoms with Crippen LogP contribution in [0.25, 0.3) is 5.69 Å². The van der Waals surface area contributed by atoms with Crippen LogP contribution in [0, 0.1) is 0 Å². The summed E-state index contributed by atoms with van der Waals surface area (Å²) in [5.74, 6) is 0. The van der Waals surface area contributed by atoms with Crippen molar-refractivity contribution in [2.75, 3.05) is 18.0 Å². The van der Waals surface area contributed by atoms with E-state index < -0.39 is 0 Å². The number of halogens is 2. The van der Waals surface area contributed by atoms with E-state index in [0.29, 0.717) is 15.7 Å². The third-order valence-corrected chi connectivity index (χ3v) is 3.95. The minimum Gasteiger partial charge on any atom is -0.370 e. The molecule has 0 spiro atoms. The topological polar surface area (TPSA) is 46.8 Å². The zero-order valence-corrected chi connectivity index (χ0v) is 11.1. The predicted octanol–water partition coefficient (Wildman–Crippen LogP) is 2.57. The molecule has 0 atom stereocenters. The van der Waals surface area contributed by atoms with Crippen LogP contribution < -0.4 is 4.90 Å². The lowest BCUT2D eigenvalue weighted by atomic mass is 10.2. The van der Waals surface area contributed by atoms with Gasteiger partial charge in [0.25, 0.3) is 0 Å². The van der Waals surface area contributed by atoms with Crippen molar-refractivity contribution in [2.45, 2.75) is 12.8 Å². The molecule has 2 heterocycles. The fourth-order valence-corrected chi connectivity index (χ4v) is 2.71. The zero-order valence-electron chi connectivity index (χ0n) is 9.55. The van der Waals surface area contributed by atoms with E-state index in [4.69, 9.17) is 23.2 Å².